The first-order valence-electron chi connectivity index (χ1n) is 5.36. The van der Waals surface area contributed by atoms with Crippen LogP contribution < -0.4 is 5.73 Å². The van der Waals surface area contributed by atoms with Crippen molar-refractivity contribution in [2.45, 2.75) is 0 Å². The molecule has 0 spiro atoms. The summed E-state index contributed by atoms with van der Waals surface area (Å²) in [5.41, 5.74) is 5.90. The van der Waals surface area contributed by atoms with E-state index in [0.717, 1.165) is 5.39 Å². The molecule has 0 saturated carbocycles. The number of aromatic nitrogens is 4. The molecular weight excluding hydrogens is 248 g/mol. The zero-order chi connectivity index (χ0) is 13.4. The minimum absolute atomic E-state index is 0.0544. The van der Waals surface area contributed by atoms with E-state index in [1.165, 1.54) is 11.0 Å². The number of nitrogen functional groups attached to an aromatic ring is 1. The number of nitrogens with two attached hydrogens (primary N) is 1. The lowest BCUT2D eigenvalue weighted by atomic mass is 10.2. The smallest absolute Gasteiger partial charge is 0.355 e. The molecule has 0 amide bonds. The van der Waals surface area contributed by atoms with E-state index in [1.807, 2.05) is 18.2 Å². The van der Waals surface area contributed by atoms with Gasteiger partial charge in [-0.15, -0.1) is 0 Å². The van der Waals surface area contributed by atoms with Crippen LogP contribution in [0.1, 0.15) is 0 Å². The van der Waals surface area contributed by atoms with Crippen LogP contribution in [0.2, 0.25) is 0 Å². The van der Waals surface area contributed by atoms with Crippen molar-refractivity contribution in [3.63, 3.8) is 0 Å². The van der Waals surface area contributed by atoms with E-state index in [-0.39, 0.29) is 17.3 Å². The zero-order valence-corrected chi connectivity index (χ0v) is 9.59. The molecule has 0 bridgehead atoms. The Bertz CT molecular complexity index is 782. The summed E-state index contributed by atoms with van der Waals surface area (Å²) in [6.07, 6.45) is 2.78. The molecule has 0 aliphatic rings. The summed E-state index contributed by atoms with van der Waals surface area (Å²) >= 11 is 0. The monoisotopic (exact) mass is 256 g/mol. The van der Waals surface area contributed by atoms with Crippen molar-refractivity contribution in [3.05, 3.63) is 46.9 Å². The van der Waals surface area contributed by atoms with Crippen LogP contribution in [0.3, 0.4) is 0 Å². The van der Waals surface area contributed by atoms with Gasteiger partial charge < -0.3 is 5.73 Å². The Kier molecular flexibility index (Phi) is 2.34. The van der Waals surface area contributed by atoms with E-state index in [4.69, 9.17) is 5.73 Å². The number of anilines is 1. The molecule has 2 heterocycles. The first kappa shape index (κ1) is 11.1. The highest BCUT2D eigenvalue weighted by Gasteiger charge is 2.23. The summed E-state index contributed by atoms with van der Waals surface area (Å²) < 4.78 is 1.38. The van der Waals surface area contributed by atoms with Crippen molar-refractivity contribution in [2.24, 2.45) is 0 Å². The van der Waals surface area contributed by atoms with E-state index >= 15 is 0 Å². The Morgan fingerprint density at radius 2 is 2.05 bits per heavy atom. The number of nitrogens with zero attached hydrogens (tertiary/aromatic N) is 5. The van der Waals surface area contributed by atoms with Gasteiger partial charge in [-0.3, -0.25) is 10.1 Å². The van der Waals surface area contributed by atoms with Crippen molar-refractivity contribution in [3.8, 4) is 5.82 Å². The molecule has 0 aliphatic heterocycles. The molecule has 94 valence electrons. The molecule has 3 rings (SSSR count). The maximum atomic E-state index is 11.1. The van der Waals surface area contributed by atoms with Gasteiger partial charge in [-0.1, -0.05) is 18.2 Å². The average molecular weight is 256 g/mol. The van der Waals surface area contributed by atoms with Gasteiger partial charge in [0, 0.05) is 5.39 Å². The van der Waals surface area contributed by atoms with Crippen LogP contribution in [-0.2, 0) is 0 Å². The molecule has 0 radical (unpaired) electrons. The summed E-state index contributed by atoms with van der Waals surface area (Å²) in [5, 5.41) is 16.0. The van der Waals surface area contributed by atoms with Crippen molar-refractivity contribution < 1.29 is 4.92 Å². The lowest BCUT2D eigenvalue weighted by Gasteiger charge is -2.04. The summed E-state index contributed by atoms with van der Waals surface area (Å²) in [7, 11) is 0. The number of fused-ring (bicyclic) bond motifs is 1. The molecule has 0 fully saturated rings. The minimum atomic E-state index is -0.610. The fourth-order valence-corrected chi connectivity index (χ4v) is 1.85. The summed E-state index contributed by atoms with van der Waals surface area (Å²) in [6, 6.07) is 7.33. The minimum Gasteiger partial charge on any atom is -0.378 e. The Morgan fingerprint density at radius 1 is 1.26 bits per heavy atom. The molecule has 8 heteroatoms. The third-order valence-electron chi connectivity index (χ3n) is 2.69. The summed E-state index contributed by atoms with van der Waals surface area (Å²) in [5.74, 6) is -0.131. The molecule has 19 heavy (non-hydrogen) atoms. The van der Waals surface area contributed by atoms with Gasteiger partial charge in [0.1, 0.15) is 6.33 Å². The van der Waals surface area contributed by atoms with Crippen LogP contribution >= 0.6 is 0 Å². The van der Waals surface area contributed by atoms with Gasteiger partial charge in [0.15, 0.2) is 0 Å². The molecule has 3 aromatic rings. The van der Waals surface area contributed by atoms with E-state index in [2.05, 4.69) is 15.1 Å². The van der Waals surface area contributed by atoms with E-state index < -0.39 is 4.92 Å². The fraction of sp³-hybridized carbons (Fsp3) is 0. The topological polar surface area (TPSA) is 113 Å². The number of hydrogen-bond donors (Lipinski definition) is 1. The molecule has 8 nitrogen and oxygen atoms in total. The quantitative estimate of drug-likeness (QED) is 0.546. The van der Waals surface area contributed by atoms with Crippen LogP contribution in [0.4, 0.5) is 11.5 Å². The number of benzene rings is 1. The lowest BCUT2D eigenvalue weighted by molar-refractivity contribution is -0.384. The number of rotatable bonds is 2. The van der Waals surface area contributed by atoms with Gasteiger partial charge in [0.05, 0.1) is 16.6 Å². The van der Waals surface area contributed by atoms with Gasteiger partial charge in [-0.05, 0) is 6.07 Å². The number of hydrogen-bond acceptors (Lipinski definition) is 6. The highest BCUT2D eigenvalue weighted by molar-refractivity contribution is 5.81. The van der Waals surface area contributed by atoms with Crippen LogP contribution in [0, 0.1) is 10.1 Å². The number of para-hydroxylation sites is 1. The van der Waals surface area contributed by atoms with Gasteiger partial charge in [0.2, 0.25) is 11.6 Å². The molecule has 2 N–H and O–H groups in total. The largest absolute Gasteiger partial charge is 0.378 e. The van der Waals surface area contributed by atoms with E-state index in [0.29, 0.717) is 5.52 Å². The van der Waals surface area contributed by atoms with Crippen molar-refractivity contribution in [2.75, 3.05) is 5.73 Å². The second-order valence-electron chi connectivity index (χ2n) is 3.80. The Labute approximate surface area is 106 Å². The first-order chi connectivity index (χ1) is 9.18. The molecule has 0 aliphatic carbocycles. The Morgan fingerprint density at radius 3 is 2.84 bits per heavy atom. The lowest BCUT2D eigenvalue weighted by Crippen LogP contribution is -2.08. The molecule has 0 saturated heterocycles. The van der Waals surface area contributed by atoms with Gasteiger partial charge in [-0.2, -0.15) is 5.10 Å². The number of nitro groups is 1. The van der Waals surface area contributed by atoms with Crippen molar-refractivity contribution >= 4 is 22.4 Å². The zero-order valence-electron chi connectivity index (χ0n) is 9.59. The fourth-order valence-electron chi connectivity index (χ4n) is 1.85. The predicted molar refractivity (Wildman–Crippen MR) is 67.7 cm³/mol. The maximum absolute atomic E-state index is 11.1. The van der Waals surface area contributed by atoms with Crippen LogP contribution in [0.25, 0.3) is 16.7 Å². The second-order valence-corrected chi connectivity index (χ2v) is 3.80. The molecule has 1 aromatic carbocycles. The van der Waals surface area contributed by atoms with Gasteiger partial charge in [-0.25, -0.2) is 14.6 Å². The first-order valence-corrected chi connectivity index (χ1v) is 5.36. The Hall–Kier alpha value is -3.03. The molecule has 0 unspecified atom stereocenters. The van der Waals surface area contributed by atoms with E-state index in [1.54, 1.807) is 12.3 Å². The van der Waals surface area contributed by atoms with Crippen LogP contribution in [-0.4, -0.2) is 24.7 Å². The van der Waals surface area contributed by atoms with Crippen molar-refractivity contribution in [1.82, 2.24) is 19.7 Å². The Balaban J connectivity index is 2.33. The maximum Gasteiger partial charge on any atom is 0.355 e. The summed E-state index contributed by atoms with van der Waals surface area (Å²) in [4.78, 5) is 18.0. The second kappa shape index (κ2) is 4.02. The van der Waals surface area contributed by atoms with Gasteiger partial charge >= 0.3 is 5.69 Å². The van der Waals surface area contributed by atoms with Crippen LogP contribution in [0.15, 0.2) is 36.8 Å². The van der Waals surface area contributed by atoms with E-state index in [9.17, 15) is 10.1 Å². The third kappa shape index (κ3) is 1.66. The predicted octanol–water partition coefficient (Wildman–Crippen LogP) is 1.31. The average Bonchev–Trinajstić information content (AvgIpc) is 2.81. The highest BCUT2D eigenvalue weighted by Crippen LogP contribution is 2.27. The van der Waals surface area contributed by atoms with Crippen molar-refractivity contribution in [1.29, 1.82) is 0 Å². The molecule has 0 atom stereocenters. The molecular formula is C11H8N6O2. The molecule has 2 aromatic heterocycles. The van der Waals surface area contributed by atoms with Gasteiger partial charge in [0.25, 0.3) is 0 Å². The SMILES string of the molecule is Nc1ncnc(-n2ncc3ccccc32)c1[N+](=O)[O-]. The standard InChI is InChI=1S/C11H8N6O2/c12-10-9(17(18)19)11(14-6-13-10)16-8-4-2-1-3-7(8)5-15-16/h1-6H,(H2,12,13,14). The normalized spacial score (nSPS) is 10.7. The third-order valence-corrected chi connectivity index (χ3v) is 2.69. The van der Waals surface area contributed by atoms with Crippen LogP contribution in [0.5, 0.6) is 0 Å². The summed E-state index contributed by atoms with van der Waals surface area (Å²) in [6.45, 7) is 0. The highest BCUT2D eigenvalue weighted by atomic mass is 16.6.